The number of nitrogens with zero attached hydrogens (tertiary/aromatic N) is 2. The Morgan fingerprint density at radius 1 is 1.00 bits per heavy atom. The van der Waals surface area contributed by atoms with Crippen LogP contribution in [0.2, 0.25) is 0 Å². The molecule has 4 rings (SSSR count). The average molecular weight is 530 g/mol. The van der Waals surface area contributed by atoms with Gasteiger partial charge in [-0.3, -0.25) is 19.3 Å². The van der Waals surface area contributed by atoms with Crippen LogP contribution in [0.15, 0.2) is 78.9 Å². The molecule has 0 saturated carbocycles. The molecule has 5 N–H and O–H groups in total. The van der Waals surface area contributed by atoms with Crippen molar-refractivity contribution in [1.29, 1.82) is 0 Å². The number of nitrogens with two attached hydrogens (primary N) is 2. The third-order valence-corrected chi connectivity index (χ3v) is 6.79. The maximum absolute atomic E-state index is 14.1. The number of nitrogens with one attached hydrogen (secondary N) is 1. The summed E-state index contributed by atoms with van der Waals surface area (Å²) in [5, 5.41) is 2.95. The molecule has 4 aromatic rings. The summed E-state index contributed by atoms with van der Waals surface area (Å²) >= 11 is 0.761. The van der Waals surface area contributed by atoms with Crippen molar-refractivity contribution in [2.75, 3.05) is 17.7 Å². The van der Waals surface area contributed by atoms with Gasteiger partial charge in [-0.05, 0) is 53.8 Å². The minimum absolute atomic E-state index is 0.00810. The van der Waals surface area contributed by atoms with Crippen molar-refractivity contribution in [2.24, 2.45) is 5.73 Å². The number of nitrogen functional groups attached to an aromatic ring is 1. The third kappa shape index (κ3) is 5.65. The van der Waals surface area contributed by atoms with E-state index in [1.807, 2.05) is 49.4 Å². The molecule has 1 aromatic heterocycles. The van der Waals surface area contributed by atoms with Gasteiger partial charge in [0.1, 0.15) is 16.7 Å². The molecule has 3 amide bonds. The van der Waals surface area contributed by atoms with E-state index in [0.29, 0.717) is 17.0 Å². The van der Waals surface area contributed by atoms with E-state index >= 15 is 0 Å². The number of amides is 3. The normalized spacial score (nSPS) is 11.4. The monoisotopic (exact) mass is 529 g/mol. The van der Waals surface area contributed by atoms with E-state index in [2.05, 4.69) is 9.69 Å². The van der Waals surface area contributed by atoms with Gasteiger partial charge >= 0.3 is 0 Å². The van der Waals surface area contributed by atoms with E-state index in [1.54, 1.807) is 43.5 Å². The van der Waals surface area contributed by atoms with Crippen LogP contribution in [0.3, 0.4) is 0 Å². The maximum atomic E-state index is 14.1. The molecule has 0 unspecified atom stereocenters. The number of primary amides is 1. The van der Waals surface area contributed by atoms with Crippen LogP contribution in [-0.2, 0) is 11.3 Å². The highest BCUT2D eigenvalue weighted by Gasteiger charge is 2.36. The van der Waals surface area contributed by atoms with Crippen molar-refractivity contribution >= 4 is 40.6 Å². The summed E-state index contributed by atoms with van der Waals surface area (Å²) in [7, 11) is 1.55. The Morgan fingerprint density at radius 3 is 2.24 bits per heavy atom. The predicted molar refractivity (Wildman–Crippen MR) is 147 cm³/mol. The van der Waals surface area contributed by atoms with Crippen LogP contribution in [0.1, 0.15) is 42.9 Å². The van der Waals surface area contributed by atoms with Gasteiger partial charge in [-0.2, -0.15) is 4.37 Å². The molecule has 38 heavy (non-hydrogen) atoms. The summed E-state index contributed by atoms with van der Waals surface area (Å²) in [6, 6.07) is 22.4. The highest BCUT2D eigenvalue weighted by Crippen LogP contribution is 2.34. The Bertz CT molecular complexity index is 1440. The fourth-order valence-corrected chi connectivity index (χ4v) is 4.66. The predicted octanol–water partition coefficient (Wildman–Crippen LogP) is 3.85. The fraction of sp³-hybridized carbons (Fsp3) is 0.143. The lowest BCUT2D eigenvalue weighted by Gasteiger charge is -2.31. The van der Waals surface area contributed by atoms with Gasteiger partial charge < -0.3 is 21.5 Å². The molecule has 1 heterocycles. The van der Waals surface area contributed by atoms with Crippen LogP contribution in [0, 0.1) is 6.92 Å². The first-order valence-electron chi connectivity index (χ1n) is 11.7. The van der Waals surface area contributed by atoms with Crippen molar-refractivity contribution in [2.45, 2.75) is 19.5 Å². The Hall–Kier alpha value is -4.70. The van der Waals surface area contributed by atoms with Crippen LogP contribution in [-0.4, -0.2) is 29.2 Å². The number of aryl methyl sites for hydroxylation is 1. The lowest BCUT2D eigenvalue weighted by molar-refractivity contribution is -0.122. The highest BCUT2D eigenvalue weighted by molar-refractivity contribution is 7.09. The summed E-state index contributed by atoms with van der Waals surface area (Å²) in [5.74, 6) is -1.24. The number of carbonyl (C=O) groups excluding carboxylic acids is 3. The number of anilines is 2. The number of aromatic nitrogens is 1. The van der Waals surface area contributed by atoms with Gasteiger partial charge in [-0.25, -0.2) is 0 Å². The number of carbonyl (C=O) groups is 3. The Morgan fingerprint density at radius 2 is 1.66 bits per heavy atom. The third-order valence-electron chi connectivity index (χ3n) is 5.93. The maximum Gasteiger partial charge on any atom is 0.273 e. The van der Waals surface area contributed by atoms with E-state index in [0.717, 1.165) is 22.7 Å². The minimum Gasteiger partial charge on any atom is -0.497 e. The van der Waals surface area contributed by atoms with Gasteiger partial charge in [0, 0.05) is 12.2 Å². The van der Waals surface area contributed by atoms with Crippen LogP contribution < -0.4 is 26.4 Å². The van der Waals surface area contributed by atoms with E-state index < -0.39 is 23.8 Å². The van der Waals surface area contributed by atoms with Crippen molar-refractivity contribution in [1.82, 2.24) is 9.69 Å². The van der Waals surface area contributed by atoms with Gasteiger partial charge in [0.05, 0.1) is 12.8 Å². The first-order chi connectivity index (χ1) is 18.3. The van der Waals surface area contributed by atoms with Gasteiger partial charge in [-0.15, -0.1) is 0 Å². The van der Waals surface area contributed by atoms with Gasteiger partial charge in [0.25, 0.3) is 11.8 Å². The lowest BCUT2D eigenvalue weighted by atomic mass is 10.0. The first kappa shape index (κ1) is 26.4. The minimum atomic E-state index is -1.08. The van der Waals surface area contributed by atoms with Gasteiger partial charge in [-0.1, -0.05) is 60.2 Å². The SMILES string of the molecule is COc1ccc([C@H](C(=O)NCc2ccccc2)N(C(=O)c2snc(C(N)=O)c2N)c2ccc(C)cc2)cc1. The molecule has 9 nitrogen and oxygen atoms in total. The largest absolute Gasteiger partial charge is 0.497 e. The summed E-state index contributed by atoms with van der Waals surface area (Å²) in [5.41, 5.74) is 14.1. The standard InChI is InChI=1S/C28H27N5O4S/c1-17-8-12-20(13-9-17)33(28(36)25-22(29)23(26(30)34)32-38-25)24(19-10-14-21(37-2)15-11-19)27(35)31-16-18-6-4-3-5-7-18/h3-15,24H,16,29H2,1-2H3,(H2,30,34)(H,31,35)/t24-/m1/s1. The second-order valence-electron chi connectivity index (χ2n) is 8.53. The molecule has 0 spiro atoms. The molecule has 0 aliphatic rings. The zero-order valence-corrected chi connectivity index (χ0v) is 21.7. The first-order valence-corrected chi connectivity index (χ1v) is 12.5. The molecule has 10 heteroatoms. The molecular formula is C28H27N5O4S. The van der Waals surface area contributed by atoms with E-state index in [4.69, 9.17) is 16.2 Å². The van der Waals surface area contributed by atoms with Crippen LogP contribution >= 0.6 is 11.5 Å². The lowest BCUT2D eigenvalue weighted by Crippen LogP contribution is -2.44. The van der Waals surface area contributed by atoms with Crippen LogP contribution in [0.5, 0.6) is 5.75 Å². The number of benzene rings is 3. The van der Waals surface area contributed by atoms with E-state index in [1.165, 1.54) is 4.90 Å². The molecular weight excluding hydrogens is 502 g/mol. The topological polar surface area (TPSA) is 141 Å². The van der Waals surface area contributed by atoms with Crippen molar-refractivity contribution in [3.63, 3.8) is 0 Å². The zero-order chi connectivity index (χ0) is 27.2. The highest BCUT2D eigenvalue weighted by atomic mass is 32.1. The second-order valence-corrected chi connectivity index (χ2v) is 9.30. The van der Waals surface area contributed by atoms with Gasteiger partial charge in [0.2, 0.25) is 5.91 Å². The van der Waals surface area contributed by atoms with E-state index in [9.17, 15) is 14.4 Å². The molecule has 3 aromatic carbocycles. The summed E-state index contributed by atoms with van der Waals surface area (Å²) < 4.78 is 9.26. The molecule has 0 radical (unpaired) electrons. The number of ether oxygens (including phenoxy) is 1. The molecule has 0 aliphatic carbocycles. The van der Waals surface area contributed by atoms with Crippen molar-refractivity contribution in [3.05, 3.63) is 106 Å². The van der Waals surface area contributed by atoms with Crippen molar-refractivity contribution in [3.8, 4) is 5.75 Å². The average Bonchev–Trinajstić information content (AvgIpc) is 3.33. The quantitative estimate of drug-likeness (QED) is 0.301. The van der Waals surface area contributed by atoms with Crippen molar-refractivity contribution < 1.29 is 19.1 Å². The summed E-state index contributed by atoms with van der Waals surface area (Å²) in [4.78, 5) is 41.0. The Balaban J connectivity index is 1.82. The molecule has 1 atom stereocenters. The number of hydrogen-bond acceptors (Lipinski definition) is 7. The number of hydrogen-bond donors (Lipinski definition) is 3. The number of rotatable bonds is 9. The van der Waals surface area contributed by atoms with Gasteiger partial charge in [0.15, 0.2) is 5.69 Å². The Labute approximate surface area is 224 Å². The van der Waals surface area contributed by atoms with E-state index in [-0.39, 0.29) is 22.8 Å². The fourth-order valence-electron chi connectivity index (χ4n) is 3.91. The van der Waals surface area contributed by atoms with Crippen LogP contribution in [0.4, 0.5) is 11.4 Å². The smallest absolute Gasteiger partial charge is 0.273 e. The Kier molecular flexibility index (Phi) is 8.03. The van der Waals surface area contributed by atoms with Crippen LogP contribution in [0.25, 0.3) is 0 Å². The summed E-state index contributed by atoms with van der Waals surface area (Å²) in [6.07, 6.45) is 0. The molecule has 0 aliphatic heterocycles. The molecule has 194 valence electrons. The molecule has 0 fully saturated rings. The second kappa shape index (κ2) is 11.6. The molecule has 0 saturated heterocycles. The molecule has 0 bridgehead atoms. The number of methoxy groups -OCH3 is 1. The zero-order valence-electron chi connectivity index (χ0n) is 20.9. The summed E-state index contributed by atoms with van der Waals surface area (Å²) in [6.45, 7) is 2.18.